The number of aromatic amines is 1. The second-order valence-corrected chi connectivity index (χ2v) is 7.77. The Bertz CT molecular complexity index is 1180. The Labute approximate surface area is 177 Å². The van der Waals surface area contributed by atoms with Crippen molar-refractivity contribution >= 4 is 34.6 Å². The third kappa shape index (κ3) is 3.86. The number of hydrogen-bond donors (Lipinski definition) is 5. The van der Waals surface area contributed by atoms with Gasteiger partial charge in [-0.05, 0) is 5.56 Å². The maximum Gasteiger partial charge on any atom is 0.280 e. The lowest BCUT2D eigenvalue weighted by Gasteiger charge is -2.19. The van der Waals surface area contributed by atoms with Crippen LogP contribution in [0.4, 0.5) is 11.6 Å². The molecule has 3 aromatic rings. The molecule has 4 atom stereocenters. The molecule has 14 heteroatoms. The highest BCUT2D eigenvalue weighted by Crippen LogP contribution is 2.36. The fourth-order valence-electron chi connectivity index (χ4n) is 3.27. The van der Waals surface area contributed by atoms with Gasteiger partial charge in [-0.1, -0.05) is 23.9 Å². The molecule has 0 spiro atoms. The molecular formula is C17H18N6O7S. The van der Waals surface area contributed by atoms with E-state index in [0.717, 1.165) is 5.56 Å². The minimum atomic E-state index is -1.42. The number of fused-ring (bicyclic) bond motifs is 1. The van der Waals surface area contributed by atoms with Crippen molar-refractivity contribution in [3.8, 4) is 0 Å². The minimum absolute atomic E-state index is 0.0429. The standard InChI is InChI=1S/C17H18N6O7S/c18-16-20-13-10(14(27)21-16)19-17(22(13)15-12(26)11(25)9(5-24)30-15)31-6-7-1-3-8(4-2-7)23(28)29/h1-4,9,11-12,15,24-26H,5-6H2,(H3,18,20,21,27). The molecule has 0 bridgehead atoms. The number of imidazole rings is 1. The average molecular weight is 450 g/mol. The summed E-state index contributed by atoms with van der Waals surface area (Å²) in [6.07, 6.45) is -5.00. The summed E-state index contributed by atoms with van der Waals surface area (Å²) in [5, 5.41) is 41.0. The molecule has 1 fully saturated rings. The molecule has 0 amide bonds. The predicted molar refractivity (Wildman–Crippen MR) is 108 cm³/mol. The number of nitro groups is 1. The highest BCUT2D eigenvalue weighted by molar-refractivity contribution is 7.98. The topological polar surface area (TPSA) is 203 Å². The van der Waals surface area contributed by atoms with E-state index in [4.69, 9.17) is 10.5 Å². The highest BCUT2D eigenvalue weighted by atomic mass is 32.2. The van der Waals surface area contributed by atoms with E-state index in [1.54, 1.807) is 12.1 Å². The van der Waals surface area contributed by atoms with Crippen LogP contribution in [0.15, 0.2) is 34.2 Å². The van der Waals surface area contributed by atoms with Gasteiger partial charge in [-0.25, -0.2) is 4.98 Å². The molecular weight excluding hydrogens is 432 g/mol. The van der Waals surface area contributed by atoms with E-state index in [1.807, 2.05) is 0 Å². The summed E-state index contributed by atoms with van der Waals surface area (Å²) in [7, 11) is 0. The first-order chi connectivity index (χ1) is 14.8. The van der Waals surface area contributed by atoms with Gasteiger partial charge in [0.2, 0.25) is 5.95 Å². The monoisotopic (exact) mass is 450 g/mol. The van der Waals surface area contributed by atoms with E-state index in [1.165, 1.54) is 28.5 Å². The Kier molecular flexibility index (Phi) is 5.63. The maximum atomic E-state index is 12.3. The molecule has 1 aliphatic rings. The molecule has 4 unspecified atom stereocenters. The summed E-state index contributed by atoms with van der Waals surface area (Å²) in [6.45, 7) is -0.525. The lowest BCUT2D eigenvalue weighted by atomic mass is 10.1. The zero-order valence-corrected chi connectivity index (χ0v) is 16.6. The number of benzene rings is 1. The first kappa shape index (κ1) is 21.2. The summed E-state index contributed by atoms with van der Waals surface area (Å²) in [4.78, 5) is 33.3. The lowest BCUT2D eigenvalue weighted by Crippen LogP contribution is -2.33. The van der Waals surface area contributed by atoms with Crippen LogP contribution >= 0.6 is 11.8 Å². The first-order valence-corrected chi connectivity index (χ1v) is 10.0. The predicted octanol–water partition coefficient (Wildman–Crippen LogP) is -0.486. The number of aliphatic hydroxyl groups excluding tert-OH is 3. The summed E-state index contributed by atoms with van der Waals surface area (Å²) >= 11 is 1.17. The molecule has 164 valence electrons. The van der Waals surface area contributed by atoms with Crippen LogP contribution in [0.5, 0.6) is 0 Å². The summed E-state index contributed by atoms with van der Waals surface area (Å²) in [5.41, 5.74) is 5.77. The van der Waals surface area contributed by atoms with Crippen LogP contribution in [-0.2, 0) is 10.5 Å². The van der Waals surface area contributed by atoms with Crippen LogP contribution < -0.4 is 11.3 Å². The molecule has 13 nitrogen and oxygen atoms in total. The van der Waals surface area contributed by atoms with Gasteiger partial charge in [0.1, 0.15) is 18.3 Å². The number of thioether (sulfide) groups is 1. The van der Waals surface area contributed by atoms with Gasteiger partial charge in [-0.3, -0.25) is 24.5 Å². The number of aromatic nitrogens is 4. The molecule has 4 rings (SSSR count). The summed E-state index contributed by atoms with van der Waals surface area (Å²) in [6, 6.07) is 5.93. The van der Waals surface area contributed by atoms with Crippen molar-refractivity contribution in [1.29, 1.82) is 0 Å². The number of hydrogen-bond acceptors (Lipinski definition) is 11. The molecule has 3 heterocycles. The van der Waals surface area contributed by atoms with E-state index < -0.39 is 41.6 Å². The van der Waals surface area contributed by atoms with Crippen molar-refractivity contribution in [1.82, 2.24) is 19.5 Å². The Morgan fingerprint density at radius 2 is 1.97 bits per heavy atom. The third-order valence-corrected chi connectivity index (χ3v) is 5.85. The van der Waals surface area contributed by atoms with Crippen LogP contribution in [0.25, 0.3) is 11.2 Å². The number of nitrogen functional groups attached to an aromatic ring is 1. The first-order valence-electron chi connectivity index (χ1n) is 9.06. The number of nitrogens with two attached hydrogens (primary N) is 1. The number of nitrogens with zero attached hydrogens (tertiary/aromatic N) is 4. The Morgan fingerprint density at radius 3 is 2.58 bits per heavy atom. The number of nitro benzene ring substituents is 1. The second-order valence-electron chi connectivity index (χ2n) is 6.83. The van der Waals surface area contributed by atoms with Gasteiger partial charge in [0.25, 0.3) is 11.2 Å². The van der Waals surface area contributed by atoms with Crippen molar-refractivity contribution < 1.29 is 25.0 Å². The number of non-ortho nitro benzene ring substituents is 1. The number of nitrogens with one attached hydrogen (secondary N) is 1. The zero-order chi connectivity index (χ0) is 22.3. The van der Waals surface area contributed by atoms with E-state index in [9.17, 15) is 30.2 Å². The minimum Gasteiger partial charge on any atom is -0.394 e. The van der Waals surface area contributed by atoms with Crippen LogP contribution in [0.3, 0.4) is 0 Å². The number of H-pyrrole nitrogens is 1. The third-order valence-electron chi connectivity index (χ3n) is 4.82. The van der Waals surface area contributed by atoms with Crippen LogP contribution in [0, 0.1) is 10.1 Å². The summed E-state index contributed by atoms with van der Waals surface area (Å²) in [5.74, 6) is 0.154. The number of rotatable bonds is 6. The molecule has 1 saturated heterocycles. The molecule has 0 aliphatic carbocycles. The Hall–Kier alpha value is -3.04. The van der Waals surface area contributed by atoms with Crippen molar-refractivity contribution in [2.75, 3.05) is 12.3 Å². The van der Waals surface area contributed by atoms with Crippen molar-refractivity contribution in [3.05, 3.63) is 50.3 Å². The summed E-state index contributed by atoms with van der Waals surface area (Å²) < 4.78 is 6.94. The van der Waals surface area contributed by atoms with E-state index >= 15 is 0 Å². The molecule has 6 N–H and O–H groups in total. The quantitative estimate of drug-likeness (QED) is 0.184. The smallest absolute Gasteiger partial charge is 0.280 e. The van der Waals surface area contributed by atoms with Gasteiger partial charge < -0.3 is 25.8 Å². The van der Waals surface area contributed by atoms with Crippen LogP contribution in [-0.4, -0.2) is 64.7 Å². The largest absolute Gasteiger partial charge is 0.394 e. The molecule has 0 saturated carbocycles. The van der Waals surface area contributed by atoms with Gasteiger partial charge in [0.05, 0.1) is 11.5 Å². The van der Waals surface area contributed by atoms with Gasteiger partial charge in [-0.2, -0.15) is 4.98 Å². The number of anilines is 1. The number of aliphatic hydroxyl groups is 3. The van der Waals surface area contributed by atoms with Crippen LogP contribution in [0.2, 0.25) is 0 Å². The fraction of sp³-hybridized carbons (Fsp3) is 0.353. The SMILES string of the molecule is Nc1nc2c(nc(SCc3ccc([N+](=O)[O-])cc3)n2C2OC(CO)C(O)C2O)c(=O)[nH]1. The van der Waals surface area contributed by atoms with E-state index in [-0.39, 0.29) is 28.0 Å². The van der Waals surface area contributed by atoms with Crippen molar-refractivity contribution in [2.24, 2.45) is 0 Å². The van der Waals surface area contributed by atoms with E-state index in [2.05, 4.69) is 15.0 Å². The van der Waals surface area contributed by atoms with Gasteiger partial charge in [-0.15, -0.1) is 0 Å². The van der Waals surface area contributed by atoms with Gasteiger partial charge in [0.15, 0.2) is 22.5 Å². The fourth-order valence-corrected chi connectivity index (χ4v) is 4.24. The van der Waals surface area contributed by atoms with Gasteiger partial charge >= 0.3 is 0 Å². The molecule has 2 aromatic heterocycles. The molecule has 1 aromatic carbocycles. The lowest BCUT2D eigenvalue weighted by molar-refractivity contribution is -0.384. The van der Waals surface area contributed by atoms with Gasteiger partial charge in [0, 0.05) is 17.9 Å². The average Bonchev–Trinajstić information content (AvgIpc) is 3.24. The Morgan fingerprint density at radius 1 is 1.26 bits per heavy atom. The van der Waals surface area contributed by atoms with Crippen LogP contribution in [0.1, 0.15) is 11.8 Å². The molecule has 31 heavy (non-hydrogen) atoms. The highest BCUT2D eigenvalue weighted by Gasteiger charge is 2.45. The maximum absolute atomic E-state index is 12.3. The normalized spacial score (nSPS) is 23.5. The van der Waals surface area contributed by atoms with Crippen molar-refractivity contribution in [3.63, 3.8) is 0 Å². The number of ether oxygens (including phenoxy) is 1. The Balaban J connectivity index is 1.72. The van der Waals surface area contributed by atoms with Crippen molar-refractivity contribution in [2.45, 2.75) is 35.4 Å². The molecule has 1 aliphatic heterocycles. The van der Waals surface area contributed by atoms with E-state index in [0.29, 0.717) is 5.75 Å². The zero-order valence-electron chi connectivity index (χ0n) is 15.8. The molecule has 0 radical (unpaired) electrons. The second kappa shape index (κ2) is 8.24.